The maximum atomic E-state index is 13.7. The monoisotopic (exact) mass is 474 g/mol. The summed E-state index contributed by atoms with van der Waals surface area (Å²) in [5, 5.41) is 9.51. The number of carboxylic acid groups (broad SMARTS) is 1. The highest BCUT2D eigenvalue weighted by atomic mass is 19.3. The van der Waals surface area contributed by atoms with Crippen molar-refractivity contribution < 1.29 is 23.4 Å². The van der Waals surface area contributed by atoms with Crippen molar-refractivity contribution in [3.05, 3.63) is 51.3 Å². The number of aromatic nitrogens is 1. The summed E-state index contributed by atoms with van der Waals surface area (Å²) in [4.78, 5) is 26.0. The second kappa shape index (κ2) is 8.80. The third-order valence-electron chi connectivity index (χ3n) is 6.87. The molecule has 1 unspecified atom stereocenters. The van der Waals surface area contributed by atoms with Gasteiger partial charge in [0, 0.05) is 43.3 Å². The van der Waals surface area contributed by atoms with E-state index in [-0.39, 0.29) is 30.1 Å². The number of pyridine rings is 1. The lowest BCUT2D eigenvalue weighted by atomic mass is 9.78. The molecular weight excluding hydrogens is 442 g/mol. The number of rotatable bonds is 7. The SMILES string of the molecule is COCCCCc1cc2c(cc1N1CC(F)(F)C1)-c1cc(=O)c(C(=O)O)cn1C(C(C)(C)C)C2. The summed E-state index contributed by atoms with van der Waals surface area (Å²) >= 11 is 0. The van der Waals surface area contributed by atoms with Crippen LogP contribution >= 0.6 is 0 Å². The standard InChI is InChI=1S/C26H32F2N2O4/c1-25(2,3)23-10-17-9-16(7-5-6-8-34-4)20(29-14-26(27,28)15-29)11-18(17)21-12-22(31)19(24(32)33)13-30(21)23/h9,11-13,23H,5-8,10,14-15H2,1-4H3,(H,32,33). The molecule has 2 aliphatic rings. The van der Waals surface area contributed by atoms with E-state index in [0.717, 1.165) is 41.6 Å². The van der Waals surface area contributed by atoms with E-state index in [9.17, 15) is 23.5 Å². The van der Waals surface area contributed by atoms with E-state index in [0.29, 0.717) is 18.7 Å². The molecule has 6 nitrogen and oxygen atoms in total. The second-order valence-electron chi connectivity index (χ2n) is 10.5. The molecule has 0 radical (unpaired) electrons. The first-order chi connectivity index (χ1) is 15.9. The van der Waals surface area contributed by atoms with Crippen LogP contribution in [-0.2, 0) is 17.6 Å². The van der Waals surface area contributed by atoms with Crippen molar-refractivity contribution >= 4 is 11.7 Å². The average Bonchev–Trinajstić information content (AvgIpc) is 2.72. The Morgan fingerprint density at radius 2 is 1.91 bits per heavy atom. The highest BCUT2D eigenvalue weighted by Crippen LogP contribution is 2.45. The number of hydrogen-bond acceptors (Lipinski definition) is 4. The van der Waals surface area contributed by atoms with Crippen molar-refractivity contribution in [3.63, 3.8) is 0 Å². The molecule has 4 rings (SSSR count). The van der Waals surface area contributed by atoms with E-state index < -0.39 is 17.3 Å². The molecule has 1 aromatic heterocycles. The molecule has 1 aromatic carbocycles. The molecule has 2 aliphatic heterocycles. The molecule has 3 heterocycles. The van der Waals surface area contributed by atoms with E-state index >= 15 is 0 Å². The van der Waals surface area contributed by atoms with Crippen molar-refractivity contribution in [2.24, 2.45) is 5.41 Å². The van der Waals surface area contributed by atoms with Gasteiger partial charge in [0.05, 0.1) is 18.8 Å². The zero-order valence-electron chi connectivity index (χ0n) is 20.2. The van der Waals surface area contributed by atoms with Gasteiger partial charge in [0.25, 0.3) is 5.92 Å². The minimum absolute atomic E-state index is 0.0609. The topological polar surface area (TPSA) is 71.8 Å². The van der Waals surface area contributed by atoms with Crippen LogP contribution in [0.25, 0.3) is 11.3 Å². The second-order valence-corrected chi connectivity index (χ2v) is 10.5. The van der Waals surface area contributed by atoms with Gasteiger partial charge in [0.1, 0.15) is 5.56 Å². The van der Waals surface area contributed by atoms with Crippen LogP contribution in [0.2, 0.25) is 0 Å². The van der Waals surface area contributed by atoms with Crippen LogP contribution in [0.1, 0.15) is 61.1 Å². The number of halogens is 2. The van der Waals surface area contributed by atoms with Crippen molar-refractivity contribution in [2.45, 2.75) is 58.4 Å². The molecule has 8 heteroatoms. The summed E-state index contributed by atoms with van der Waals surface area (Å²) in [6.45, 7) is 6.27. The molecule has 0 aliphatic carbocycles. The van der Waals surface area contributed by atoms with Gasteiger partial charge in [0.15, 0.2) is 5.43 Å². The molecule has 0 amide bonds. The molecule has 1 N–H and O–H groups in total. The highest BCUT2D eigenvalue weighted by molar-refractivity contribution is 5.88. The fraction of sp³-hybridized carbons (Fsp3) is 0.538. The summed E-state index contributed by atoms with van der Waals surface area (Å²) in [5.41, 5.74) is 3.26. The molecule has 184 valence electrons. The van der Waals surface area contributed by atoms with Crippen LogP contribution in [0, 0.1) is 5.41 Å². The number of methoxy groups -OCH3 is 1. The molecule has 34 heavy (non-hydrogen) atoms. The number of fused-ring (bicyclic) bond motifs is 3. The zero-order chi connectivity index (χ0) is 24.8. The fourth-order valence-corrected chi connectivity index (χ4v) is 5.04. The van der Waals surface area contributed by atoms with E-state index in [1.165, 1.54) is 12.3 Å². The van der Waals surface area contributed by atoms with Gasteiger partial charge in [-0.05, 0) is 48.3 Å². The Bertz CT molecular complexity index is 1160. The first-order valence-electron chi connectivity index (χ1n) is 11.7. The van der Waals surface area contributed by atoms with E-state index in [2.05, 4.69) is 26.8 Å². The van der Waals surface area contributed by atoms with Crippen LogP contribution in [0.5, 0.6) is 0 Å². The summed E-state index contributed by atoms with van der Waals surface area (Å²) in [7, 11) is 1.66. The third kappa shape index (κ3) is 4.60. The van der Waals surface area contributed by atoms with Gasteiger partial charge in [0.2, 0.25) is 0 Å². The molecule has 1 saturated heterocycles. The van der Waals surface area contributed by atoms with Gasteiger partial charge < -0.3 is 19.3 Å². The highest BCUT2D eigenvalue weighted by Gasteiger charge is 2.45. The predicted molar refractivity (Wildman–Crippen MR) is 127 cm³/mol. The summed E-state index contributed by atoms with van der Waals surface area (Å²) in [5.74, 6) is -3.96. The van der Waals surface area contributed by atoms with Crippen LogP contribution in [0.3, 0.4) is 0 Å². The van der Waals surface area contributed by atoms with Gasteiger partial charge in [-0.25, -0.2) is 13.6 Å². The van der Waals surface area contributed by atoms with Crippen molar-refractivity contribution in [3.8, 4) is 11.3 Å². The molecule has 0 spiro atoms. The Hall–Kier alpha value is -2.74. The summed E-state index contributed by atoms with van der Waals surface area (Å²) in [6, 6.07) is 5.34. The molecule has 1 fully saturated rings. The largest absolute Gasteiger partial charge is 0.477 e. The van der Waals surface area contributed by atoms with Gasteiger partial charge in [-0.3, -0.25) is 4.79 Å². The van der Waals surface area contributed by atoms with E-state index in [4.69, 9.17) is 4.74 Å². The Morgan fingerprint density at radius 1 is 1.21 bits per heavy atom. The summed E-state index contributed by atoms with van der Waals surface area (Å²) in [6.07, 6.45) is 4.61. The molecule has 0 saturated carbocycles. The van der Waals surface area contributed by atoms with E-state index in [1.807, 2.05) is 10.6 Å². The van der Waals surface area contributed by atoms with Crippen LogP contribution in [0.15, 0.2) is 29.2 Å². The average molecular weight is 475 g/mol. The number of hydrogen-bond donors (Lipinski definition) is 1. The summed E-state index contributed by atoms with van der Waals surface area (Å²) < 4.78 is 34.5. The lowest BCUT2D eigenvalue weighted by Crippen LogP contribution is -2.56. The Balaban J connectivity index is 1.85. The third-order valence-corrected chi connectivity index (χ3v) is 6.87. The van der Waals surface area contributed by atoms with Crippen LogP contribution < -0.4 is 10.3 Å². The number of anilines is 1. The van der Waals surface area contributed by atoms with Crippen LogP contribution in [-0.4, -0.2) is 48.4 Å². The van der Waals surface area contributed by atoms with Gasteiger partial charge in [-0.1, -0.05) is 26.8 Å². The number of unbranched alkanes of at least 4 members (excludes halogenated alkanes) is 1. The fourth-order valence-electron chi connectivity index (χ4n) is 5.04. The minimum Gasteiger partial charge on any atom is -0.477 e. The van der Waals surface area contributed by atoms with E-state index in [1.54, 1.807) is 12.0 Å². The zero-order valence-corrected chi connectivity index (χ0v) is 20.2. The first-order valence-corrected chi connectivity index (χ1v) is 11.7. The van der Waals surface area contributed by atoms with Crippen molar-refractivity contribution in [2.75, 3.05) is 31.7 Å². The minimum atomic E-state index is -2.70. The van der Waals surface area contributed by atoms with Gasteiger partial charge >= 0.3 is 5.97 Å². The number of nitrogens with zero attached hydrogens (tertiary/aromatic N) is 2. The smallest absolute Gasteiger partial charge is 0.341 e. The molecule has 1 atom stereocenters. The van der Waals surface area contributed by atoms with Gasteiger partial charge in [-0.2, -0.15) is 0 Å². The molecular formula is C26H32F2N2O4. The first kappa shape index (κ1) is 24.4. The van der Waals surface area contributed by atoms with Gasteiger partial charge in [-0.15, -0.1) is 0 Å². The number of ether oxygens (including phenoxy) is 1. The Kier molecular flexibility index (Phi) is 6.31. The number of carbonyl (C=O) groups is 1. The predicted octanol–water partition coefficient (Wildman–Crippen LogP) is 4.78. The normalized spacial score (nSPS) is 18.8. The molecule has 0 bridgehead atoms. The maximum absolute atomic E-state index is 13.7. The van der Waals surface area contributed by atoms with Crippen LogP contribution in [0.4, 0.5) is 14.5 Å². The quantitative estimate of drug-likeness (QED) is 0.585. The van der Waals surface area contributed by atoms with Crippen molar-refractivity contribution in [1.29, 1.82) is 0 Å². The lowest BCUT2D eigenvalue weighted by molar-refractivity contribution is -0.0263. The number of aryl methyl sites for hydroxylation is 1. The Labute approximate surface area is 198 Å². The number of alkyl halides is 2. The lowest BCUT2D eigenvalue weighted by Gasteiger charge is -2.43. The number of benzene rings is 1. The number of aromatic carboxylic acids is 1. The maximum Gasteiger partial charge on any atom is 0.341 e. The van der Waals surface area contributed by atoms with Crippen molar-refractivity contribution in [1.82, 2.24) is 4.57 Å². The molecule has 2 aromatic rings. The number of carboxylic acids is 1. The Morgan fingerprint density at radius 3 is 2.50 bits per heavy atom.